The van der Waals surface area contributed by atoms with E-state index >= 15 is 0 Å². The average Bonchev–Trinajstić information content (AvgIpc) is 3.06. The number of ether oxygens (including phenoxy) is 1. The van der Waals surface area contributed by atoms with Gasteiger partial charge in [-0.3, -0.25) is 14.8 Å². The molecule has 1 amide bonds. The minimum absolute atomic E-state index is 0.0470. The number of nitrogens with zero attached hydrogens (tertiary/aromatic N) is 3. The highest BCUT2D eigenvalue weighted by Gasteiger charge is 2.27. The molecule has 24 heavy (non-hydrogen) atoms. The first-order valence-corrected chi connectivity index (χ1v) is 8.39. The molecule has 0 bridgehead atoms. The van der Waals surface area contributed by atoms with Crippen LogP contribution in [-0.4, -0.2) is 61.1 Å². The molecule has 1 atom stereocenters. The van der Waals surface area contributed by atoms with Crippen molar-refractivity contribution in [3.63, 3.8) is 0 Å². The molecule has 1 aliphatic heterocycles. The quantitative estimate of drug-likeness (QED) is 0.459. The molecule has 7 nitrogen and oxygen atoms in total. The summed E-state index contributed by atoms with van der Waals surface area (Å²) in [6.45, 7) is 6.56. The molecule has 2 N–H and O–H groups in total. The number of nitrogens with one attached hydrogen (secondary N) is 2. The summed E-state index contributed by atoms with van der Waals surface area (Å²) >= 11 is 0. The number of amides is 1. The first-order chi connectivity index (χ1) is 11.6. The van der Waals surface area contributed by atoms with Crippen molar-refractivity contribution in [3.05, 3.63) is 24.5 Å². The van der Waals surface area contributed by atoms with Crippen LogP contribution in [0.1, 0.15) is 20.3 Å². The summed E-state index contributed by atoms with van der Waals surface area (Å²) in [5, 5.41) is 6.59. The fourth-order valence-corrected chi connectivity index (χ4v) is 2.60. The SMILES string of the molecule is CN=C(NCCOc1cccnc1)NC1CCN(C(=O)C(C)C)C1. The Hall–Kier alpha value is -2.31. The Labute approximate surface area is 143 Å². The van der Waals surface area contributed by atoms with Gasteiger partial charge in [-0.2, -0.15) is 0 Å². The van der Waals surface area contributed by atoms with Crippen LogP contribution in [0.15, 0.2) is 29.5 Å². The first kappa shape index (κ1) is 18.0. The number of carbonyl (C=O) groups is 1. The van der Waals surface area contributed by atoms with Gasteiger partial charge in [0.1, 0.15) is 12.4 Å². The summed E-state index contributed by atoms with van der Waals surface area (Å²) < 4.78 is 5.59. The molecule has 1 fully saturated rings. The molecule has 0 spiro atoms. The Morgan fingerprint density at radius 2 is 2.38 bits per heavy atom. The monoisotopic (exact) mass is 333 g/mol. The minimum Gasteiger partial charge on any atom is -0.490 e. The van der Waals surface area contributed by atoms with Gasteiger partial charge in [-0.25, -0.2) is 0 Å². The average molecular weight is 333 g/mol. The maximum Gasteiger partial charge on any atom is 0.225 e. The number of hydrogen-bond donors (Lipinski definition) is 2. The molecule has 1 aromatic heterocycles. The van der Waals surface area contributed by atoms with E-state index in [9.17, 15) is 4.79 Å². The molecule has 2 rings (SSSR count). The number of carbonyl (C=O) groups excluding carboxylic acids is 1. The molecule has 0 aromatic carbocycles. The predicted octanol–water partition coefficient (Wildman–Crippen LogP) is 0.882. The summed E-state index contributed by atoms with van der Waals surface area (Å²) in [4.78, 5) is 22.2. The van der Waals surface area contributed by atoms with Gasteiger partial charge >= 0.3 is 0 Å². The van der Waals surface area contributed by atoms with Gasteiger partial charge in [0, 0.05) is 38.3 Å². The van der Waals surface area contributed by atoms with Crippen LogP contribution in [0.25, 0.3) is 0 Å². The third kappa shape index (κ3) is 5.40. The second-order valence-corrected chi connectivity index (χ2v) is 6.11. The highest BCUT2D eigenvalue weighted by Crippen LogP contribution is 2.12. The van der Waals surface area contributed by atoms with Gasteiger partial charge in [0.2, 0.25) is 5.91 Å². The van der Waals surface area contributed by atoms with Crippen LogP contribution >= 0.6 is 0 Å². The minimum atomic E-state index is 0.0470. The second kappa shape index (κ2) is 9.10. The third-order valence-electron chi connectivity index (χ3n) is 3.86. The van der Waals surface area contributed by atoms with Gasteiger partial charge in [-0.1, -0.05) is 13.8 Å². The zero-order chi connectivity index (χ0) is 17.4. The van der Waals surface area contributed by atoms with Crippen LogP contribution in [-0.2, 0) is 4.79 Å². The lowest BCUT2D eigenvalue weighted by molar-refractivity contribution is -0.133. The molecule has 0 saturated carbocycles. The smallest absolute Gasteiger partial charge is 0.225 e. The Kier molecular flexibility index (Phi) is 6.84. The lowest BCUT2D eigenvalue weighted by Crippen LogP contribution is -2.46. The van der Waals surface area contributed by atoms with Crippen molar-refractivity contribution in [1.82, 2.24) is 20.5 Å². The van der Waals surface area contributed by atoms with Gasteiger partial charge in [-0.15, -0.1) is 0 Å². The van der Waals surface area contributed by atoms with E-state index < -0.39 is 0 Å². The largest absolute Gasteiger partial charge is 0.490 e. The second-order valence-electron chi connectivity index (χ2n) is 6.11. The van der Waals surface area contributed by atoms with Crippen LogP contribution in [0.2, 0.25) is 0 Å². The number of aliphatic imine (C=N–C) groups is 1. The van der Waals surface area contributed by atoms with Crippen LogP contribution in [0.4, 0.5) is 0 Å². The molecule has 1 unspecified atom stereocenters. The zero-order valence-corrected chi connectivity index (χ0v) is 14.7. The van der Waals surface area contributed by atoms with Crippen molar-refractivity contribution in [2.24, 2.45) is 10.9 Å². The number of likely N-dealkylation sites (tertiary alicyclic amines) is 1. The van der Waals surface area contributed by atoms with E-state index in [1.165, 1.54) is 0 Å². The van der Waals surface area contributed by atoms with E-state index in [1.54, 1.807) is 19.4 Å². The Morgan fingerprint density at radius 3 is 3.04 bits per heavy atom. The van der Waals surface area contributed by atoms with Crippen molar-refractivity contribution in [1.29, 1.82) is 0 Å². The standard InChI is InChI=1S/C17H27N5O2/c1-13(2)16(23)22-9-6-14(12-22)21-17(18-3)20-8-10-24-15-5-4-7-19-11-15/h4-5,7,11,13-14H,6,8-10,12H2,1-3H3,(H2,18,20,21). The molecule has 7 heteroatoms. The predicted molar refractivity (Wildman–Crippen MR) is 94.1 cm³/mol. The highest BCUT2D eigenvalue weighted by molar-refractivity contribution is 5.81. The fourth-order valence-electron chi connectivity index (χ4n) is 2.60. The Morgan fingerprint density at radius 1 is 1.54 bits per heavy atom. The third-order valence-corrected chi connectivity index (χ3v) is 3.86. The lowest BCUT2D eigenvalue weighted by Gasteiger charge is -2.20. The van der Waals surface area contributed by atoms with Gasteiger partial charge in [0.05, 0.1) is 12.7 Å². The highest BCUT2D eigenvalue weighted by atomic mass is 16.5. The van der Waals surface area contributed by atoms with Gasteiger partial charge in [0.25, 0.3) is 0 Å². The van der Waals surface area contributed by atoms with E-state index in [0.29, 0.717) is 13.2 Å². The Balaban J connectivity index is 1.68. The van der Waals surface area contributed by atoms with Crippen LogP contribution in [0.5, 0.6) is 5.75 Å². The van der Waals surface area contributed by atoms with E-state index in [-0.39, 0.29) is 17.9 Å². The van der Waals surface area contributed by atoms with Crippen LogP contribution < -0.4 is 15.4 Å². The number of rotatable bonds is 6. The molecule has 0 radical (unpaired) electrons. The normalized spacial score (nSPS) is 17.9. The van der Waals surface area contributed by atoms with Crippen molar-refractivity contribution in [2.45, 2.75) is 26.3 Å². The number of aromatic nitrogens is 1. The van der Waals surface area contributed by atoms with Gasteiger partial charge in [0.15, 0.2) is 5.96 Å². The molecule has 0 aliphatic carbocycles. The number of pyridine rings is 1. The molecule has 2 heterocycles. The molecule has 1 saturated heterocycles. The van der Waals surface area contributed by atoms with Crippen molar-refractivity contribution in [2.75, 3.05) is 33.3 Å². The summed E-state index contributed by atoms with van der Waals surface area (Å²) in [6.07, 6.45) is 4.34. The van der Waals surface area contributed by atoms with E-state index in [0.717, 1.165) is 31.2 Å². The number of hydrogen-bond acceptors (Lipinski definition) is 4. The molecular formula is C17H27N5O2. The van der Waals surface area contributed by atoms with E-state index in [2.05, 4.69) is 20.6 Å². The summed E-state index contributed by atoms with van der Waals surface area (Å²) in [5.74, 6) is 1.74. The lowest BCUT2D eigenvalue weighted by atomic mass is 10.2. The summed E-state index contributed by atoms with van der Waals surface area (Å²) in [6, 6.07) is 3.95. The molecular weight excluding hydrogens is 306 g/mol. The topological polar surface area (TPSA) is 78.9 Å². The van der Waals surface area contributed by atoms with Crippen molar-refractivity contribution >= 4 is 11.9 Å². The maximum absolute atomic E-state index is 12.0. The van der Waals surface area contributed by atoms with E-state index in [4.69, 9.17) is 4.74 Å². The number of guanidine groups is 1. The Bertz CT molecular complexity index is 547. The molecule has 1 aliphatic rings. The summed E-state index contributed by atoms with van der Waals surface area (Å²) in [5.41, 5.74) is 0. The van der Waals surface area contributed by atoms with Crippen LogP contribution in [0.3, 0.4) is 0 Å². The van der Waals surface area contributed by atoms with Crippen molar-refractivity contribution in [3.8, 4) is 5.75 Å². The molecule has 132 valence electrons. The van der Waals surface area contributed by atoms with Gasteiger partial charge in [-0.05, 0) is 18.6 Å². The summed E-state index contributed by atoms with van der Waals surface area (Å²) in [7, 11) is 1.74. The van der Waals surface area contributed by atoms with Crippen molar-refractivity contribution < 1.29 is 9.53 Å². The van der Waals surface area contributed by atoms with E-state index in [1.807, 2.05) is 30.9 Å². The first-order valence-electron chi connectivity index (χ1n) is 8.39. The fraction of sp³-hybridized carbons (Fsp3) is 0.588. The molecule has 1 aromatic rings. The van der Waals surface area contributed by atoms with Gasteiger partial charge < -0.3 is 20.3 Å². The van der Waals surface area contributed by atoms with Crippen LogP contribution in [0, 0.1) is 5.92 Å². The zero-order valence-electron chi connectivity index (χ0n) is 14.7. The maximum atomic E-state index is 12.0.